The molecule has 1 saturated heterocycles. The van der Waals surface area contributed by atoms with Gasteiger partial charge in [-0.1, -0.05) is 47.5 Å². The third-order valence-corrected chi connectivity index (χ3v) is 6.96. The Bertz CT molecular complexity index is 1260. The maximum Gasteiger partial charge on any atom is 0.236 e. The maximum atomic E-state index is 13.8. The summed E-state index contributed by atoms with van der Waals surface area (Å²) in [4.78, 5) is 15.7. The van der Waals surface area contributed by atoms with Crippen molar-refractivity contribution in [2.45, 2.75) is 32.5 Å². The number of benzene rings is 3. The van der Waals surface area contributed by atoms with Gasteiger partial charge in [-0.25, -0.2) is 0 Å². The van der Waals surface area contributed by atoms with Gasteiger partial charge in [-0.05, 0) is 75.0 Å². The van der Waals surface area contributed by atoms with Gasteiger partial charge in [-0.3, -0.25) is 9.69 Å². The number of amides is 1. The minimum Gasteiger partial charge on any atom is -0.467 e. The van der Waals surface area contributed by atoms with E-state index in [4.69, 9.17) is 28.6 Å². The summed E-state index contributed by atoms with van der Waals surface area (Å²) in [6.45, 7) is 5.99. The Morgan fingerprint density at radius 2 is 1.85 bits per heavy atom. The lowest BCUT2D eigenvalue weighted by molar-refractivity contribution is -0.130. The summed E-state index contributed by atoms with van der Waals surface area (Å²) in [5, 5.41) is 7.64. The number of nitrogens with one attached hydrogen (secondary N) is 2. The molecule has 2 aliphatic heterocycles. The quantitative estimate of drug-likeness (QED) is 0.470. The zero-order valence-corrected chi connectivity index (χ0v) is 20.1. The highest BCUT2D eigenvalue weighted by Crippen LogP contribution is 2.50. The standard InChI is InChI=1S/C26H24ClN3O2S/c1-15-8-13-21-19(14-15)23-22(24(31)28-18-11-9-17(27)10-12-18)26(3,32-21)30(25(33)29-23)20-7-5-4-6-16(20)2/h4-14,22-23H,1-3H3,(H,28,31)(H,29,33)/t22-,23-,26+/m0/s1. The lowest BCUT2D eigenvalue weighted by Crippen LogP contribution is -2.72. The average molecular weight is 478 g/mol. The van der Waals surface area contributed by atoms with Gasteiger partial charge in [0.15, 0.2) is 10.8 Å². The first-order chi connectivity index (χ1) is 15.8. The lowest BCUT2D eigenvalue weighted by Gasteiger charge is -2.56. The average Bonchev–Trinajstić information content (AvgIpc) is 2.77. The number of nitrogens with zero attached hydrogens (tertiary/aromatic N) is 1. The van der Waals surface area contributed by atoms with Crippen molar-refractivity contribution in [3.63, 3.8) is 0 Å². The fourth-order valence-electron chi connectivity index (χ4n) is 4.83. The van der Waals surface area contributed by atoms with Gasteiger partial charge in [0, 0.05) is 22.0 Å². The van der Waals surface area contributed by atoms with Crippen LogP contribution in [0.2, 0.25) is 5.02 Å². The number of hydrogen-bond acceptors (Lipinski definition) is 3. The highest BCUT2D eigenvalue weighted by atomic mass is 35.5. The lowest BCUT2D eigenvalue weighted by atomic mass is 9.78. The number of thiocarbonyl (C=S) groups is 1. The van der Waals surface area contributed by atoms with E-state index in [9.17, 15) is 4.79 Å². The molecule has 1 fully saturated rings. The first-order valence-corrected chi connectivity index (χ1v) is 11.6. The number of halogens is 1. The minimum atomic E-state index is -1.04. The van der Waals surface area contributed by atoms with Crippen LogP contribution in [0.25, 0.3) is 0 Å². The zero-order valence-electron chi connectivity index (χ0n) is 18.6. The van der Waals surface area contributed by atoms with E-state index in [1.807, 2.05) is 62.1 Å². The van der Waals surface area contributed by atoms with Crippen LogP contribution in [0.4, 0.5) is 11.4 Å². The molecule has 168 valence electrons. The number of anilines is 2. The molecule has 0 saturated carbocycles. The van der Waals surface area contributed by atoms with Crippen LogP contribution in [0.3, 0.4) is 0 Å². The molecule has 5 rings (SSSR count). The van der Waals surface area contributed by atoms with Crippen LogP contribution in [-0.2, 0) is 4.79 Å². The predicted molar refractivity (Wildman–Crippen MR) is 136 cm³/mol. The first kappa shape index (κ1) is 21.7. The topological polar surface area (TPSA) is 53.6 Å². The Morgan fingerprint density at radius 3 is 2.58 bits per heavy atom. The summed E-state index contributed by atoms with van der Waals surface area (Å²) in [5.41, 5.74) is 3.58. The van der Waals surface area contributed by atoms with Gasteiger partial charge in [0.05, 0.1) is 6.04 Å². The molecule has 2 bridgehead atoms. The summed E-state index contributed by atoms with van der Waals surface area (Å²) >= 11 is 11.9. The molecule has 0 aromatic heterocycles. The van der Waals surface area contributed by atoms with Crippen molar-refractivity contribution >= 4 is 46.2 Å². The van der Waals surface area contributed by atoms with E-state index in [-0.39, 0.29) is 11.9 Å². The van der Waals surface area contributed by atoms with Gasteiger partial charge in [0.1, 0.15) is 11.7 Å². The molecule has 5 nitrogen and oxygen atoms in total. The van der Waals surface area contributed by atoms with Crippen LogP contribution in [0.15, 0.2) is 66.7 Å². The van der Waals surface area contributed by atoms with Crippen LogP contribution in [0.1, 0.15) is 29.7 Å². The molecular weight excluding hydrogens is 454 g/mol. The van der Waals surface area contributed by atoms with Crippen LogP contribution >= 0.6 is 23.8 Å². The zero-order chi connectivity index (χ0) is 23.3. The van der Waals surface area contributed by atoms with Crippen molar-refractivity contribution in [1.29, 1.82) is 0 Å². The van der Waals surface area contributed by atoms with Gasteiger partial charge < -0.3 is 15.4 Å². The molecule has 3 atom stereocenters. The summed E-state index contributed by atoms with van der Waals surface area (Å²) in [6.07, 6.45) is 0. The van der Waals surface area contributed by atoms with Crippen LogP contribution in [0, 0.1) is 19.8 Å². The Morgan fingerprint density at radius 1 is 1.12 bits per heavy atom. The molecule has 2 heterocycles. The SMILES string of the molecule is Cc1ccc2c(c1)[C@@H]1NC(=S)N(c3ccccc3C)[C@](C)(O2)[C@@H]1C(=O)Nc1ccc(Cl)cc1. The van der Waals surface area contributed by atoms with E-state index in [0.717, 1.165) is 28.1 Å². The molecule has 2 N–H and O–H groups in total. The second-order valence-electron chi connectivity index (χ2n) is 8.72. The second kappa shape index (κ2) is 8.04. The normalized spacial score (nSPS) is 23.3. The van der Waals surface area contributed by atoms with E-state index in [0.29, 0.717) is 15.8 Å². The molecule has 3 aromatic carbocycles. The highest BCUT2D eigenvalue weighted by Gasteiger charge is 2.59. The van der Waals surface area contributed by atoms with Gasteiger partial charge >= 0.3 is 0 Å². The minimum absolute atomic E-state index is 0.162. The molecule has 0 aliphatic carbocycles. The molecule has 0 unspecified atom stereocenters. The summed E-state index contributed by atoms with van der Waals surface area (Å²) in [6, 6.07) is 20.8. The molecule has 0 spiro atoms. The number of carbonyl (C=O) groups is 1. The molecule has 33 heavy (non-hydrogen) atoms. The third-order valence-electron chi connectivity index (χ3n) is 6.40. The number of ether oxygens (including phenoxy) is 1. The van der Waals surface area contributed by atoms with Gasteiger partial charge in [-0.2, -0.15) is 0 Å². The Hall–Kier alpha value is -3.09. The van der Waals surface area contributed by atoms with E-state index < -0.39 is 11.6 Å². The van der Waals surface area contributed by atoms with Crippen molar-refractivity contribution in [3.8, 4) is 5.75 Å². The molecule has 2 aliphatic rings. The fourth-order valence-corrected chi connectivity index (χ4v) is 5.37. The number of rotatable bonds is 3. The number of carbonyl (C=O) groups excluding carboxylic acids is 1. The van der Waals surface area contributed by atoms with Crippen LogP contribution in [-0.4, -0.2) is 16.7 Å². The molecular formula is C26H24ClN3O2S. The summed E-state index contributed by atoms with van der Waals surface area (Å²) < 4.78 is 6.64. The monoisotopic (exact) mass is 477 g/mol. The smallest absolute Gasteiger partial charge is 0.236 e. The van der Waals surface area contributed by atoms with E-state index >= 15 is 0 Å². The number of aryl methyl sites for hydroxylation is 2. The van der Waals surface area contributed by atoms with Crippen molar-refractivity contribution in [2.24, 2.45) is 5.92 Å². The van der Waals surface area contributed by atoms with Crippen molar-refractivity contribution in [2.75, 3.05) is 10.2 Å². The molecule has 1 amide bonds. The van der Waals surface area contributed by atoms with Gasteiger partial charge in [0.25, 0.3) is 0 Å². The fraction of sp³-hybridized carbons (Fsp3) is 0.231. The number of hydrogen-bond donors (Lipinski definition) is 2. The highest BCUT2D eigenvalue weighted by molar-refractivity contribution is 7.80. The predicted octanol–water partition coefficient (Wildman–Crippen LogP) is 5.76. The van der Waals surface area contributed by atoms with E-state index in [1.54, 1.807) is 24.3 Å². The number of fused-ring (bicyclic) bond motifs is 4. The summed E-state index contributed by atoms with van der Waals surface area (Å²) in [7, 11) is 0. The van der Waals surface area contributed by atoms with E-state index in [1.165, 1.54) is 0 Å². The molecule has 3 aromatic rings. The van der Waals surface area contributed by atoms with Gasteiger partial charge in [0.2, 0.25) is 5.91 Å². The Labute approximate surface area is 203 Å². The molecule has 0 radical (unpaired) electrons. The van der Waals surface area contributed by atoms with Crippen molar-refractivity contribution in [1.82, 2.24) is 5.32 Å². The second-order valence-corrected chi connectivity index (χ2v) is 9.54. The largest absolute Gasteiger partial charge is 0.467 e. The van der Waals surface area contributed by atoms with Crippen LogP contribution in [0.5, 0.6) is 5.75 Å². The Kier molecular flexibility index (Phi) is 5.30. The molecule has 7 heteroatoms. The van der Waals surface area contributed by atoms with Crippen LogP contribution < -0.4 is 20.3 Å². The number of para-hydroxylation sites is 1. The Balaban J connectivity index is 1.64. The maximum absolute atomic E-state index is 13.8. The third kappa shape index (κ3) is 3.63. The first-order valence-electron chi connectivity index (χ1n) is 10.8. The van der Waals surface area contributed by atoms with E-state index in [2.05, 4.69) is 16.7 Å². The van der Waals surface area contributed by atoms with Gasteiger partial charge in [-0.15, -0.1) is 0 Å². The van der Waals surface area contributed by atoms with Crippen molar-refractivity contribution < 1.29 is 9.53 Å². The summed E-state index contributed by atoms with van der Waals surface area (Å²) in [5.74, 6) is -0.00317. The van der Waals surface area contributed by atoms with Crippen molar-refractivity contribution in [3.05, 3.63) is 88.4 Å².